The molecule has 0 unspecified atom stereocenters. The van der Waals surface area contributed by atoms with Crippen LogP contribution in [0.25, 0.3) is 17.0 Å². The molecular weight excluding hydrogens is 198 g/mol. The molecule has 0 amide bonds. The molecule has 16 heavy (non-hydrogen) atoms. The van der Waals surface area contributed by atoms with Crippen molar-refractivity contribution < 1.29 is 4.74 Å². The third-order valence-electron chi connectivity index (χ3n) is 2.66. The molecule has 0 atom stereocenters. The number of ether oxygens (including phenoxy) is 1. The quantitative estimate of drug-likeness (QED) is 0.709. The van der Waals surface area contributed by atoms with E-state index in [0.717, 1.165) is 23.4 Å². The molecular formula is C14H15NO. The van der Waals surface area contributed by atoms with Crippen molar-refractivity contribution in [2.24, 2.45) is 0 Å². The molecule has 0 aliphatic heterocycles. The maximum atomic E-state index is 5.21. The zero-order valence-electron chi connectivity index (χ0n) is 9.44. The molecule has 2 nitrogen and oxygen atoms in total. The largest absolute Gasteiger partial charge is 0.497 e. The van der Waals surface area contributed by atoms with Gasteiger partial charge in [-0.15, -0.1) is 6.58 Å². The fraction of sp³-hybridized carbons (Fsp3) is 0.143. The maximum Gasteiger partial charge on any atom is 0.119 e. The number of methoxy groups -OCH3 is 1. The van der Waals surface area contributed by atoms with Gasteiger partial charge in [0.25, 0.3) is 0 Å². The average molecular weight is 213 g/mol. The highest BCUT2D eigenvalue weighted by Crippen LogP contribution is 2.25. The van der Waals surface area contributed by atoms with E-state index in [2.05, 4.69) is 29.9 Å². The van der Waals surface area contributed by atoms with E-state index in [-0.39, 0.29) is 0 Å². The summed E-state index contributed by atoms with van der Waals surface area (Å²) in [7, 11) is 1.68. The van der Waals surface area contributed by atoms with Gasteiger partial charge in [0.15, 0.2) is 0 Å². The van der Waals surface area contributed by atoms with Crippen molar-refractivity contribution in [2.45, 2.75) is 6.54 Å². The first-order valence-corrected chi connectivity index (χ1v) is 5.20. The Bertz CT molecular complexity index is 537. The van der Waals surface area contributed by atoms with Crippen molar-refractivity contribution in [3.05, 3.63) is 49.2 Å². The van der Waals surface area contributed by atoms with Gasteiger partial charge < -0.3 is 9.30 Å². The van der Waals surface area contributed by atoms with Gasteiger partial charge in [0.1, 0.15) is 5.75 Å². The number of hydrogen-bond acceptors (Lipinski definition) is 1. The molecule has 2 heteroatoms. The second-order valence-corrected chi connectivity index (χ2v) is 3.60. The van der Waals surface area contributed by atoms with Crippen molar-refractivity contribution in [1.29, 1.82) is 0 Å². The van der Waals surface area contributed by atoms with E-state index in [9.17, 15) is 0 Å². The highest BCUT2D eigenvalue weighted by Gasteiger charge is 2.05. The summed E-state index contributed by atoms with van der Waals surface area (Å²) in [4.78, 5) is 0. The fourth-order valence-corrected chi connectivity index (χ4v) is 1.90. The number of aromatic nitrogens is 1. The molecule has 0 saturated heterocycles. The van der Waals surface area contributed by atoms with E-state index >= 15 is 0 Å². The summed E-state index contributed by atoms with van der Waals surface area (Å²) in [6.07, 6.45) is 3.74. The van der Waals surface area contributed by atoms with Crippen molar-refractivity contribution in [2.75, 3.05) is 7.11 Å². The van der Waals surface area contributed by atoms with Gasteiger partial charge in [-0.1, -0.05) is 12.7 Å². The van der Waals surface area contributed by atoms with Gasteiger partial charge in [-0.3, -0.25) is 0 Å². The standard InChI is InChI=1S/C14H15NO/c1-4-8-15-12(5-2)9-11-10-13(16-3)6-7-14(11)15/h4-7,9-10H,1-2,8H2,3H3. The lowest BCUT2D eigenvalue weighted by molar-refractivity contribution is 0.415. The highest BCUT2D eigenvalue weighted by atomic mass is 16.5. The first-order valence-electron chi connectivity index (χ1n) is 5.20. The molecule has 0 aliphatic carbocycles. The SMILES string of the molecule is C=CCn1c(C=C)cc2cc(OC)ccc21. The average Bonchev–Trinajstić information content (AvgIpc) is 2.67. The van der Waals surface area contributed by atoms with Gasteiger partial charge in [-0.05, 0) is 30.3 Å². The van der Waals surface area contributed by atoms with E-state index in [1.807, 2.05) is 24.3 Å². The Balaban J connectivity index is 2.66. The fourth-order valence-electron chi connectivity index (χ4n) is 1.90. The maximum absolute atomic E-state index is 5.21. The molecule has 0 bridgehead atoms. The molecule has 0 fully saturated rings. The minimum absolute atomic E-state index is 0.789. The Morgan fingerprint density at radius 1 is 1.31 bits per heavy atom. The third-order valence-corrected chi connectivity index (χ3v) is 2.66. The van der Waals surface area contributed by atoms with Crippen LogP contribution in [-0.2, 0) is 6.54 Å². The summed E-state index contributed by atoms with van der Waals surface area (Å²) >= 11 is 0. The summed E-state index contributed by atoms with van der Waals surface area (Å²) in [5, 5.41) is 1.16. The molecule has 0 N–H and O–H groups in total. The van der Waals surface area contributed by atoms with Gasteiger partial charge in [-0.2, -0.15) is 0 Å². The van der Waals surface area contributed by atoms with Gasteiger partial charge in [-0.25, -0.2) is 0 Å². The minimum Gasteiger partial charge on any atom is -0.497 e. The van der Waals surface area contributed by atoms with E-state index in [1.165, 1.54) is 5.52 Å². The van der Waals surface area contributed by atoms with Gasteiger partial charge >= 0.3 is 0 Å². The topological polar surface area (TPSA) is 14.2 Å². The normalized spacial score (nSPS) is 10.3. The van der Waals surface area contributed by atoms with Crippen LogP contribution >= 0.6 is 0 Å². The van der Waals surface area contributed by atoms with Crippen molar-refractivity contribution in [3.8, 4) is 5.75 Å². The van der Waals surface area contributed by atoms with Crippen LogP contribution in [-0.4, -0.2) is 11.7 Å². The van der Waals surface area contributed by atoms with Crippen molar-refractivity contribution in [3.63, 3.8) is 0 Å². The predicted molar refractivity (Wildman–Crippen MR) is 68.8 cm³/mol. The van der Waals surface area contributed by atoms with Crippen LogP contribution in [0.4, 0.5) is 0 Å². The number of fused-ring (bicyclic) bond motifs is 1. The zero-order chi connectivity index (χ0) is 11.5. The van der Waals surface area contributed by atoms with E-state index in [1.54, 1.807) is 7.11 Å². The van der Waals surface area contributed by atoms with Gasteiger partial charge in [0.2, 0.25) is 0 Å². The lowest BCUT2D eigenvalue weighted by atomic mass is 10.2. The molecule has 0 radical (unpaired) electrons. The van der Waals surface area contributed by atoms with Crippen molar-refractivity contribution in [1.82, 2.24) is 4.57 Å². The minimum atomic E-state index is 0.789. The summed E-state index contributed by atoms with van der Waals surface area (Å²) in [5.41, 5.74) is 2.28. The molecule has 2 aromatic rings. The van der Waals surface area contributed by atoms with Gasteiger partial charge in [0, 0.05) is 23.1 Å². The summed E-state index contributed by atoms with van der Waals surface area (Å²) < 4.78 is 7.39. The Hall–Kier alpha value is -1.96. The van der Waals surface area contributed by atoms with Crippen LogP contribution in [0.2, 0.25) is 0 Å². The molecule has 0 spiro atoms. The Morgan fingerprint density at radius 2 is 2.12 bits per heavy atom. The number of nitrogens with zero attached hydrogens (tertiary/aromatic N) is 1. The van der Waals surface area contributed by atoms with Crippen LogP contribution in [0.1, 0.15) is 5.69 Å². The van der Waals surface area contributed by atoms with Crippen LogP contribution < -0.4 is 4.74 Å². The lowest BCUT2D eigenvalue weighted by Crippen LogP contribution is -1.96. The Labute approximate surface area is 95.5 Å². The number of benzene rings is 1. The molecule has 82 valence electrons. The Kier molecular flexibility index (Phi) is 2.82. The molecule has 1 aromatic carbocycles. The van der Waals surface area contributed by atoms with Crippen molar-refractivity contribution >= 4 is 17.0 Å². The molecule has 0 saturated carbocycles. The van der Waals surface area contributed by atoms with Gasteiger partial charge in [0.05, 0.1) is 7.11 Å². The zero-order valence-corrected chi connectivity index (χ0v) is 9.44. The van der Waals surface area contributed by atoms with Crippen LogP contribution in [0, 0.1) is 0 Å². The van der Waals surface area contributed by atoms with Crippen LogP contribution in [0.15, 0.2) is 43.5 Å². The number of rotatable bonds is 4. The van der Waals surface area contributed by atoms with E-state index in [4.69, 9.17) is 4.74 Å². The second-order valence-electron chi connectivity index (χ2n) is 3.60. The van der Waals surface area contributed by atoms with Crippen LogP contribution in [0.3, 0.4) is 0 Å². The number of hydrogen-bond donors (Lipinski definition) is 0. The smallest absolute Gasteiger partial charge is 0.119 e. The monoisotopic (exact) mass is 213 g/mol. The third kappa shape index (κ3) is 1.63. The van der Waals surface area contributed by atoms with Crippen LogP contribution in [0.5, 0.6) is 5.75 Å². The Morgan fingerprint density at radius 3 is 2.75 bits per heavy atom. The molecule has 0 aliphatic rings. The van der Waals surface area contributed by atoms with E-state index < -0.39 is 0 Å². The number of allylic oxidation sites excluding steroid dienone is 1. The lowest BCUT2D eigenvalue weighted by Gasteiger charge is -2.05. The second kappa shape index (κ2) is 4.27. The van der Waals surface area contributed by atoms with E-state index in [0.29, 0.717) is 0 Å². The summed E-state index contributed by atoms with van der Waals surface area (Å²) in [6.45, 7) is 8.39. The summed E-state index contributed by atoms with van der Waals surface area (Å²) in [5.74, 6) is 0.874. The predicted octanol–water partition coefficient (Wildman–Crippen LogP) is 3.48. The first kappa shape index (κ1) is 10.6. The molecule has 2 rings (SSSR count). The molecule has 1 aromatic heterocycles. The first-order chi connectivity index (χ1) is 7.80. The summed E-state index contributed by atoms with van der Waals surface area (Å²) in [6, 6.07) is 8.16. The highest BCUT2D eigenvalue weighted by molar-refractivity contribution is 5.85. The molecule has 1 heterocycles.